The molecule has 1 aromatic carbocycles. The number of halogens is 6. The summed E-state index contributed by atoms with van der Waals surface area (Å²) in [5.74, 6) is -1.20. The van der Waals surface area contributed by atoms with Crippen LogP contribution in [0.3, 0.4) is 0 Å². The normalized spacial score (nSPS) is 11.8. The van der Waals surface area contributed by atoms with E-state index in [0.717, 1.165) is 24.3 Å². The van der Waals surface area contributed by atoms with E-state index in [9.17, 15) is 31.1 Å². The molecule has 28 heavy (non-hydrogen) atoms. The number of amides is 1. The van der Waals surface area contributed by atoms with Crippen LogP contribution in [-0.4, -0.2) is 16.6 Å². The summed E-state index contributed by atoms with van der Waals surface area (Å²) in [6.07, 6.45) is -9.31. The van der Waals surface area contributed by atoms with Gasteiger partial charge in [-0.2, -0.15) is 31.6 Å². The summed E-state index contributed by atoms with van der Waals surface area (Å²) in [6.45, 7) is 1.31. The highest BCUT2D eigenvalue weighted by atomic mass is 32.2. The van der Waals surface area contributed by atoms with E-state index in [-0.39, 0.29) is 21.8 Å². The average Bonchev–Trinajstić information content (AvgIpc) is 2.58. The first-order valence-electron chi connectivity index (χ1n) is 7.50. The van der Waals surface area contributed by atoms with E-state index in [1.807, 2.05) is 0 Å². The van der Waals surface area contributed by atoms with Gasteiger partial charge in [-0.15, -0.1) is 0 Å². The number of anilines is 1. The zero-order chi connectivity index (χ0) is 21.1. The van der Waals surface area contributed by atoms with Gasteiger partial charge in [0.1, 0.15) is 16.8 Å². The monoisotopic (exact) mass is 419 g/mol. The van der Waals surface area contributed by atoms with E-state index in [4.69, 9.17) is 5.26 Å². The highest BCUT2D eigenvalue weighted by molar-refractivity contribution is 8.00. The molecule has 0 unspecified atom stereocenters. The number of aromatic nitrogens is 1. The predicted molar refractivity (Wildman–Crippen MR) is 89.5 cm³/mol. The maximum absolute atomic E-state index is 12.9. The molecule has 11 heteroatoms. The molecule has 0 aliphatic rings. The molecule has 0 saturated heterocycles. The van der Waals surface area contributed by atoms with Crippen molar-refractivity contribution >= 4 is 23.4 Å². The molecule has 0 aliphatic carbocycles. The number of rotatable bonds is 4. The van der Waals surface area contributed by atoms with Gasteiger partial charge >= 0.3 is 12.4 Å². The number of aryl methyl sites for hydroxylation is 1. The Morgan fingerprint density at radius 3 is 2.43 bits per heavy atom. The van der Waals surface area contributed by atoms with E-state index in [1.54, 1.807) is 6.07 Å². The quantitative estimate of drug-likeness (QED) is 0.558. The summed E-state index contributed by atoms with van der Waals surface area (Å²) < 4.78 is 76.7. The molecule has 148 valence electrons. The molecule has 0 fully saturated rings. The first-order valence-corrected chi connectivity index (χ1v) is 8.49. The molecular weight excluding hydrogens is 408 g/mol. The van der Waals surface area contributed by atoms with Gasteiger partial charge in [0.2, 0.25) is 5.91 Å². The van der Waals surface area contributed by atoms with Crippen LogP contribution in [0.2, 0.25) is 0 Å². The fourth-order valence-corrected chi connectivity index (χ4v) is 2.99. The van der Waals surface area contributed by atoms with Crippen molar-refractivity contribution in [2.45, 2.75) is 24.3 Å². The topological polar surface area (TPSA) is 65.8 Å². The number of benzene rings is 1. The molecule has 1 amide bonds. The minimum absolute atomic E-state index is 0.0469. The van der Waals surface area contributed by atoms with Gasteiger partial charge in [0, 0.05) is 5.69 Å². The molecule has 1 aromatic heterocycles. The molecule has 1 N–H and O–H groups in total. The lowest BCUT2D eigenvalue weighted by atomic mass is 10.1. The number of hydrogen-bond acceptors (Lipinski definition) is 4. The van der Waals surface area contributed by atoms with Crippen molar-refractivity contribution in [3.8, 4) is 6.07 Å². The smallest absolute Gasteiger partial charge is 0.325 e. The fourth-order valence-electron chi connectivity index (χ4n) is 2.13. The largest absolute Gasteiger partial charge is 0.433 e. The number of alkyl halides is 6. The molecule has 0 radical (unpaired) electrons. The van der Waals surface area contributed by atoms with Crippen molar-refractivity contribution in [3.63, 3.8) is 0 Å². The van der Waals surface area contributed by atoms with Crippen molar-refractivity contribution in [1.82, 2.24) is 4.98 Å². The van der Waals surface area contributed by atoms with Crippen LogP contribution < -0.4 is 5.32 Å². The van der Waals surface area contributed by atoms with Crippen LogP contribution in [0.25, 0.3) is 0 Å². The maximum Gasteiger partial charge on any atom is 0.433 e. The lowest BCUT2D eigenvalue weighted by Gasteiger charge is -2.12. The second kappa shape index (κ2) is 8.10. The summed E-state index contributed by atoms with van der Waals surface area (Å²) in [7, 11) is 0. The summed E-state index contributed by atoms with van der Waals surface area (Å²) in [5, 5.41) is 11.1. The minimum Gasteiger partial charge on any atom is -0.325 e. The Balaban J connectivity index is 2.15. The van der Waals surface area contributed by atoms with Crippen molar-refractivity contribution < 1.29 is 31.1 Å². The van der Waals surface area contributed by atoms with Crippen LogP contribution in [0.15, 0.2) is 35.4 Å². The van der Waals surface area contributed by atoms with E-state index in [1.165, 1.54) is 13.0 Å². The van der Waals surface area contributed by atoms with Gasteiger partial charge in [0.05, 0.1) is 16.9 Å². The lowest BCUT2D eigenvalue weighted by Crippen LogP contribution is -2.16. The predicted octanol–water partition coefficient (Wildman–Crippen LogP) is 5.03. The van der Waals surface area contributed by atoms with Crippen LogP contribution in [0, 0.1) is 18.3 Å². The van der Waals surface area contributed by atoms with Gasteiger partial charge in [0.15, 0.2) is 0 Å². The van der Waals surface area contributed by atoms with Crippen molar-refractivity contribution in [1.29, 1.82) is 5.26 Å². The first-order chi connectivity index (χ1) is 12.9. The number of nitrogens with one attached hydrogen (secondary N) is 1. The average molecular weight is 419 g/mol. The Hall–Kier alpha value is -2.74. The number of thioether (sulfide) groups is 1. The Morgan fingerprint density at radius 1 is 1.18 bits per heavy atom. The molecule has 0 aliphatic heterocycles. The number of nitriles is 1. The van der Waals surface area contributed by atoms with Gasteiger partial charge in [-0.05, 0) is 36.8 Å². The standard InChI is InChI=1S/C17H11F6N3OS/c1-9-5-13(17(21,22)23)26-15(12(9)7-24)28-8-14(27)25-11-4-2-3-10(6-11)16(18,19)20/h2-6H,8H2,1H3,(H,25,27). The molecule has 0 spiro atoms. The van der Waals surface area contributed by atoms with E-state index in [0.29, 0.717) is 11.8 Å². The van der Waals surface area contributed by atoms with Gasteiger partial charge < -0.3 is 5.32 Å². The summed E-state index contributed by atoms with van der Waals surface area (Å²) in [4.78, 5) is 15.4. The third-order valence-electron chi connectivity index (χ3n) is 3.40. The van der Waals surface area contributed by atoms with Gasteiger partial charge in [-0.3, -0.25) is 4.79 Å². The molecule has 2 rings (SSSR count). The molecule has 0 saturated carbocycles. The Kier molecular flexibility index (Phi) is 6.23. The first kappa shape index (κ1) is 21.6. The second-order valence-corrected chi connectivity index (χ2v) is 6.49. The highest BCUT2D eigenvalue weighted by Crippen LogP contribution is 2.33. The number of nitrogens with zero attached hydrogens (tertiary/aromatic N) is 2. The number of carbonyl (C=O) groups is 1. The van der Waals surface area contributed by atoms with Gasteiger partial charge in [-0.1, -0.05) is 17.8 Å². The van der Waals surface area contributed by atoms with Crippen molar-refractivity contribution in [2.75, 3.05) is 11.1 Å². The second-order valence-electron chi connectivity index (χ2n) is 5.53. The van der Waals surface area contributed by atoms with E-state index >= 15 is 0 Å². The molecule has 0 atom stereocenters. The van der Waals surface area contributed by atoms with Crippen molar-refractivity contribution in [2.24, 2.45) is 0 Å². The lowest BCUT2D eigenvalue weighted by molar-refractivity contribution is -0.141. The Labute approximate surface area is 159 Å². The van der Waals surface area contributed by atoms with Crippen LogP contribution >= 0.6 is 11.8 Å². The van der Waals surface area contributed by atoms with E-state index < -0.39 is 35.3 Å². The van der Waals surface area contributed by atoms with Crippen LogP contribution in [0.4, 0.5) is 32.0 Å². The third kappa shape index (κ3) is 5.39. The summed E-state index contributed by atoms with van der Waals surface area (Å²) in [6, 6.07) is 6.37. The molecule has 2 aromatic rings. The molecule has 0 bridgehead atoms. The zero-order valence-corrected chi connectivity index (χ0v) is 14.9. The van der Waals surface area contributed by atoms with E-state index in [2.05, 4.69) is 10.3 Å². The van der Waals surface area contributed by atoms with Gasteiger partial charge in [0.25, 0.3) is 0 Å². The summed E-state index contributed by atoms with van der Waals surface area (Å²) >= 11 is 0.585. The Morgan fingerprint density at radius 2 is 1.86 bits per heavy atom. The molecule has 1 heterocycles. The number of hydrogen-bond donors (Lipinski definition) is 1. The van der Waals surface area contributed by atoms with Crippen molar-refractivity contribution in [3.05, 3.63) is 52.7 Å². The molecule has 4 nitrogen and oxygen atoms in total. The van der Waals surface area contributed by atoms with Crippen LogP contribution in [0.5, 0.6) is 0 Å². The fraction of sp³-hybridized carbons (Fsp3) is 0.235. The highest BCUT2D eigenvalue weighted by Gasteiger charge is 2.34. The maximum atomic E-state index is 12.9. The van der Waals surface area contributed by atoms with Crippen LogP contribution in [0.1, 0.15) is 22.4 Å². The minimum atomic E-state index is -4.73. The third-order valence-corrected chi connectivity index (χ3v) is 4.37. The number of carbonyl (C=O) groups excluding carboxylic acids is 1. The SMILES string of the molecule is Cc1cc(C(F)(F)F)nc(SCC(=O)Nc2cccc(C(F)(F)F)c2)c1C#N. The number of pyridine rings is 1. The van der Waals surface area contributed by atoms with Gasteiger partial charge in [-0.25, -0.2) is 4.98 Å². The molecular formula is C17H11F6N3OS. The zero-order valence-electron chi connectivity index (χ0n) is 14.1. The van der Waals surface area contributed by atoms with Crippen LogP contribution in [-0.2, 0) is 17.1 Å². The Bertz CT molecular complexity index is 934. The summed E-state index contributed by atoms with van der Waals surface area (Å²) in [5.41, 5.74) is -2.34.